The van der Waals surface area contributed by atoms with Crippen molar-refractivity contribution in [3.63, 3.8) is 0 Å². The molecule has 0 amide bonds. The number of unbranched alkanes of at least 4 members (excludes halogenated alkanes) is 55. The summed E-state index contributed by atoms with van der Waals surface area (Å²) < 4.78 is 3.00. The molecule has 0 aliphatic rings. The number of nitrogens with zero attached hydrogens (tertiary/aromatic N) is 2. The lowest BCUT2D eigenvalue weighted by Crippen LogP contribution is -3.00. The Morgan fingerprint density at radius 1 is 0.155 bits per heavy atom. The van der Waals surface area contributed by atoms with E-state index in [-0.39, 0.29) is 48.0 Å². The van der Waals surface area contributed by atoms with Gasteiger partial charge in [-0.25, -0.2) is 0 Å². The Kier molecular flexibility index (Phi) is 80.1. The highest BCUT2D eigenvalue weighted by molar-refractivity contribution is 4.67. The topological polar surface area (TPSA) is 0 Å². The van der Waals surface area contributed by atoms with Gasteiger partial charge in [0.25, 0.3) is 0 Å². The fraction of sp³-hybridized carbons (Fsp3) is 1.00. The van der Waals surface area contributed by atoms with Gasteiger partial charge >= 0.3 is 0 Å². The van der Waals surface area contributed by atoms with Gasteiger partial charge in [-0.05, 0) is 89.9 Å². The second kappa shape index (κ2) is 75.1. The summed E-state index contributed by atoms with van der Waals surface area (Å²) in [5.41, 5.74) is 0. The fourth-order valence-electron chi connectivity index (χ4n) is 14.9. The summed E-state index contributed by atoms with van der Waals surface area (Å²) in [6.45, 7) is 27.1. The molecule has 0 heterocycles. The van der Waals surface area contributed by atoms with Gasteiger partial charge in [-0.1, -0.05) is 363 Å². The highest BCUT2D eigenvalue weighted by Gasteiger charge is 2.36. The summed E-state index contributed by atoms with van der Waals surface area (Å²) in [6, 6.07) is 0.879. The van der Waals surface area contributed by atoms with Crippen molar-refractivity contribution in [2.45, 2.75) is 472 Å². The molecule has 4 heteroatoms. The predicted molar refractivity (Wildman–Crippen MR) is 378 cm³/mol. The highest BCUT2D eigenvalue weighted by atomic mass is 127. The molecule has 0 aromatic heterocycles. The molecule has 0 aliphatic carbocycles. The number of halogens is 2. The van der Waals surface area contributed by atoms with E-state index in [4.69, 9.17) is 0 Å². The third kappa shape index (κ3) is 60.9. The van der Waals surface area contributed by atoms with Gasteiger partial charge in [0.05, 0.1) is 51.9 Å². The van der Waals surface area contributed by atoms with Crippen molar-refractivity contribution in [2.75, 3.05) is 45.8 Å². The first-order valence-electron chi connectivity index (χ1n) is 40.2. The van der Waals surface area contributed by atoms with Crippen molar-refractivity contribution in [3.8, 4) is 0 Å². The van der Waals surface area contributed by atoms with Gasteiger partial charge in [0, 0.05) is 12.8 Å². The predicted octanol–water partition coefficient (Wildman–Crippen LogP) is 22.5. The third-order valence-electron chi connectivity index (χ3n) is 20.7. The van der Waals surface area contributed by atoms with Crippen molar-refractivity contribution < 1.29 is 56.9 Å². The van der Waals surface area contributed by atoms with E-state index in [2.05, 4.69) is 48.5 Å². The van der Waals surface area contributed by atoms with Crippen molar-refractivity contribution in [1.29, 1.82) is 0 Å². The highest BCUT2D eigenvalue weighted by Crippen LogP contribution is 2.31. The summed E-state index contributed by atoms with van der Waals surface area (Å²) in [5, 5.41) is 0. The normalized spacial score (nSPS) is 12.3. The van der Waals surface area contributed by atoms with Crippen LogP contribution in [-0.2, 0) is 0 Å². The van der Waals surface area contributed by atoms with E-state index in [1.54, 1.807) is 0 Å². The van der Waals surface area contributed by atoms with Crippen LogP contribution in [0.25, 0.3) is 0 Å². The number of hydrogen-bond donors (Lipinski definition) is 0. The number of rotatable bonds is 74. The van der Waals surface area contributed by atoms with E-state index in [1.165, 1.54) is 472 Å². The molecule has 0 rings (SSSR count). The first-order valence-corrected chi connectivity index (χ1v) is 40.2. The fourth-order valence-corrected chi connectivity index (χ4v) is 14.9. The van der Waals surface area contributed by atoms with Crippen molar-refractivity contribution >= 4 is 0 Å². The summed E-state index contributed by atoms with van der Waals surface area (Å²) >= 11 is 0. The Balaban J connectivity index is -0.0000328. The van der Waals surface area contributed by atoms with Crippen LogP contribution in [0.4, 0.5) is 0 Å². The summed E-state index contributed by atoms with van der Waals surface area (Å²) in [6.07, 6.45) is 95.3. The minimum Gasteiger partial charge on any atom is -1.00 e. The molecule has 0 fully saturated rings. The van der Waals surface area contributed by atoms with Crippen LogP contribution in [0.1, 0.15) is 466 Å². The first-order chi connectivity index (χ1) is 40.5. The smallest absolute Gasteiger partial charge is 0.0892 e. The molecule has 0 aliphatic heterocycles. The second-order valence-electron chi connectivity index (χ2n) is 28.7. The van der Waals surface area contributed by atoms with Crippen LogP contribution in [0.3, 0.4) is 0 Å². The van der Waals surface area contributed by atoms with Crippen LogP contribution in [0, 0.1) is 0 Å². The monoisotopic (exact) mass is 1410 g/mol. The van der Waals surface area contributed by atoms with E-state index in [0.29, 0.717) is 0 Å². The van der Waals surface area contributed by atoms with E-state index in [1.807, 2.05) is 0 Å². The van der Waals surface area contributed by atoms with Crippen LogP contribution >= 0.6 is 0 Å². The number of hydrogen-bond acceptors (Lipinski definition) is 0. The molecule has 2 nitrogen and oxygen atoms in total. The Bertz CT molecular complexity index is 1020. The molecule has 1 unspecified atom stereocenters. The molecule has 0 saturated heterocycles. The molecule has 0 bridgehead atoms. The largest absolute Gasteiger partial charge is 1.00 e. The van der Waals surface area contributed by atoms with E-state index in [0.717, 1.165) is 6.04 Å². The standard InChI is InChI=1S/C80H166N2.2HI/c1-8-15-22-28-34-40-46-52-58-64-73-81(74-65-59-53-47-41-35-29-23-16-9-2,75-66-60-54-48-42-36-30-24-17-10-3)76-70-72-80(71-21-14-7)82(77-67-61-55-49-43-37-31-25-18-11-4,78-68-62-56-50-44-38-32-26-19-12-5)79-69-63-57-51-45-39-33-27-20-13-6;;/h80H,8-79H2,1-7H3;2*1H/q+2;;/p-2. The summed E-state index contributed by atoms with van der Waals surface area (Å²) in [7, 11) is 0. The Labute approximate surface area is 570 Å². The van der Waals surface area contributed by atoms with E-state index in [9.17, 15) is 0 Å². The minimum absolute atomic E-state index is 0. The average Bonchev–Trinajstić information content (AvgIpc) is 3.48. The molecule has 0 aromatic carbocycles. The molecule has 0 spiro atoms. The first kappa shape index (κ1) is 89.6. The molecular formula is C80H166I2N2. The Morgan fingerprint density at radius 2 is 0.298 bits per heavy atom. The summed E-state index contributed by atoms with van der Waals surface area (Å²) in [4.78, 5) is 0. The van der Waals surface area contributed by atoms with Gasteiger partial charge in [-0.2, -0.15) is 0 Å². The van der Waals surface area contributed by atoms with E-state index >= 15 is 0 Å². The zero-order chi connectivity index (χ0) is 59.5. The SMILES string of the molecule is CCCCCCCCCCCC[N+](CCCCCCCCCCCC)(CCCCCCCCCCCC)CCCC(CCCC)[N+](CCCCCCCCCCCC)(CCCCCCCCCCCC)CCCCCCCCCCCC.[I-].[I-]. The molecule has 0 radical (unpaired) electrons. The van der Waals surface area contributed by atoms with Crippen LogP contribution in [0.5, 0.6) is 0 Å². The van der Waals surface area contributed by atoms with Crippen molar-refractivity contribution in [3.05, 3.63) is 0 Å². The average molecular weight is 1410 g/mol. The molecule has 0 aromatic rings. The maximum absolute atomic E-state index is 2.52. The van der Waals surface area contributed by atoms with Gasteiger partial charge < -0.3 is 56.9 Å². The van der Waals surface area contributed by atoms with Gasteiger partial charge in [-0.15, -0.1) is 0 Å². The van der Waals surface area contributed by atoms with Crippen molar-refractivity contribution in [1.82, 2.24) is 0 Å². The summed E-state index contributed by atoms with van der Waals surface area (Å²) in [5.74, 6) is 0. The second-order valence-corrected chi connectivity index (χ2v) is 28.7. The van der Waals surface area contributed by atoms with E-state index < -0.39 is 0 Å². The molecule has 0 saturated carbocycles. The molecule has 1 atom stereocenters. The zero-order valence-electron chi connectivity index (χ0n) is 60.1. The third-order valence-corrected chi connectivity index (χ3v) is 20.7. The lowest BCUT2D eigenvalue weighted by atomic mass is 9.95. The maximum atomic E-state index is 2.52. The maximum Gasteiger partial charge on any atom is 0.0892 e. The molecule has 0 N–H and O–H groups in total. The van der Waals surface area contributed by atoms with Crippen LogP contribution in [0.2, 0.25) is 0 Å². The molecule has 84 heavy (non-hydrogen) atoms. The molecular weight excluding hydrogens is 1240 g/mol. The zero-order valence-corrected chi connectivity index (χ0v) is 64.5. The lowest BCUT2D eigenvalue weighted by molar-refractivity contribution is -0.954. The minimum atomic E-state index is 0. The Morgan fingerprint density at radius 3 is 0.488 bits per heavy atom. The van der Waals surface area contributed by atoms with Gasteiger partial charge in [0.2, 0.25) is 0 Å². The number of quaternary nitrogens is 2. The van der Waals surface area contributed by atoms with Gasteiger partial charge in [-0.3, -0.25) is 0 Å². The van der Waals surface area contributed by atoms with Crippen LogP contribution in [-0.4, -0.2) is 60.8 Å². The van der Waals surface area contributed by atoms with Crippen LogP contribution in [0.15, 0.2) is 0 Å². The lowest BCUT2D eigenvalue weighted by Gasteiger charge is -2.47. The van der Waals surface area contributed by atoms with Gasteiger partial charge in [0.15, 0.2) is 0 Å². The van der Waals surface area contributed by atoms with Gasteiger partial charge in [0.1, 0.15) is 0 Å². The Hall–Kier alpha value is 1.38. The molecule has 510 valence electrons. The van der Waals surface area contributed by atoms with Crippen molar-refractivity contribution in [2.24, 2.45) is 0 Å². The van der Waals surface area contributed by atoms with Crippen LogP contribution < -0.4 is 48.0 Å². The quantitative estimate of drug-likeness (QED) is 0.0323.